The average molecular weight is 496 g/mol. The zero-order chi connectivity index (χ0) is 24.0. The van der Waals surface area contributed by atoms with E-state index in [1.165, 1.54) is 23.1 Å². The molecule has 3 N–H and O–H groups in total. The lowest BCUT2D eigenvalue weighted by molar-refractivity contribution is 0.0684. The van der Waals surface area contributed by atoms with Crippen LogP contribution >= 0.6 is 22.7 Å². The molecule has 1 aliphatic carbocycles. The van der Waals surface area contributed by atoms with Crippen LogP contribution in [0.15, 0.2) is 42.0 Å². The van der Waals surface area contributed by atoms with Gasteiger partial charge in [-0.3, -0.25) is 9.20 Å². The zero-order valence-corrected chi connectivity index (χ0v) is 20.5. The van der Waals surface area contributed by atoms with Crippen LogP contribution in [0.5, 0.6) is 0 Å². The van der Waals surface area contributed by atoms with Gasteiger partial charge in [0.05, 0.1) is 16.1 Å². The Morgan fingerprint density at radius 1 is 1.26 bits per heavy atom. The number of thiazole rings is 2. The Bertz CT molecular complexity index is 1370. The van der Waals surface area contributed by atoms with Crippen molar-refractivity contribution in [3.05, 3.63) is 64.0 Å². The first kappa shape index (κ1) is 22.7. The van der Waals surface area contributed by atoms with Crippen molar-refractivity contribution in [3.63, 3.8) is 0 Å². The quantitative estimate of drug-likeness (QED) is 0.441. The van der Waals surface area contributed by atoms with E-state index in [0.29, 0.717) is 29.2 Å². The van der Waals surface area contributed by atoms with Crippen molar-refractivity contribution in [2.24, 2.45) is 11.7 Å². The second-order valence-electron chi connectivity index (χ2n) is 8.69. The first-order valence-electron chi connectivity index (χ1n) is 11.1. The summed E-state index contributed by atoms with van der Waals surface area (Å²) in [6.45, 7) is 4.57. The minimum absolute atomic E-state index is 0.0614. The second kappa shape index (κ2) is 8.94. The van der Waals surface area contributed by atoms with Crippen molar-refractivity contribution in [1.82, 2.24) is 19.3 Å². The third-order valence-corrected chi connectivity index (χ3v) is 8.09. The van der Waals surface area contributed by atoms with Gasteiger partial charge in [-0.15, -0.1) is 22.7 Å². The highest BCUT2D eigenvalue weighted by molar-refractivity contribution is 7.15. The molecule has 1 aromatic carbocycles. The number of imidazole rings is 1. The molecule has 6 rings (SSSR count). The van der Waals surface area contributed by atoms with E-state index in [0.717, 1.165) is 28.3 Å². The van der Waals surface area contributed by atoms with E-state index in [-0.39, 0.29) is 17.6 Å². The Labute approximate surface area is 204 Å². The molecular weight excluding hydrogens is 470 g/mol. The van der Waals surface area contributed by atoms with Crippen LogP contribution in [0.25, 0.3) is 15.4 Å². The number of piperidine rings is 1. The van der Waals surface area contributed by atoms with Crippen molar-refractivity contribution in [1.29, 1.82) is 0 Å². The number of likely N-dealkylation sites (tertiary alicyclic amines) is 1. The molecule has 1 amide bonds. The number of rotatable bonds is 4. The summed E-state index contributed by atoms with van der Waals surface area (Å²) in [7, 11) is 0. The molecule has 4 heterocycles. The van der Waals surface area contributed by atoms with Crippen molar-refractivity contribution >= 4 is 39.5 Å². The maximum absolute atomic E-state index is 13.2. The molecule has 10 heteroatoms. The molecule has 4 aromatic rings. The number of fused-ring (bicyclic) bond motifs is 2. The van der Waals surface area contributed by atoms with Gasteiger partial charge in [-0.1, -0.05) is 29.8 Å². The van der Waals surface area contributed by atoms with Gasteiger partial charge in [0.25, 0.3) is 5.91 Å². The fraction of sp³-hybridized carbons (Fsp3) is 0.333. The number of carboxylic acids is 1. The minimum atomic E-state index is -0.948. The normalized spacial score (nSPS) is 20.7. The second-order valence-corrected chi connectivity index (χ2v) is 10.8. The number of aromatic carboxylic acids is 1. The van der Waals surface area contributed by atoms with Gasteiger partial charge in [0.1, 0.15) is 5.69 Å². The van der Waals surface area contributed by atoms with Gasteiger partial charge in [-0.2, -0.15) is 0 Å². The molecular formula is C24H25N5O3S2. The Morgan fingerprint density at radius 3 is 2.82 bits per heavy atom. The lowest BCUT2D eigenvalue weighted by Crippen LogP contribution is -2.42. The predicted molar refractivity (Wildman–Crippen MR) is 133 cm³/mol. The summed E-state index contributed by atoms with van der Waals surface area (Å²) < 4.78 is 1.55. The number of amides is 1. The number of hydrogen-bond acceptors (Lipinski definition) is 7. The van der Waals surface area contributed by atoms with Crippen LogP contribution in [0.3, 0.4) is 0 Å². The highest BCUT2D eigenvalue weighted by Crippen LogP contribution is 2.48. The fourth-order valence-electron chi connectivity index (χ4n) is 4.65. The smallest absolute Gasteiger partial charge is 0.354 e. The number of carbonyl (C=O) groups excluding carboxylic acids is 1. The number of nitrogens with zero attached hydrogens (tertiary/aromatic N) is 4. The lowest BCUT2D eigenvalue weighted by Gasteiger charge is -2.26. The highest BCUT2D eigenvalue weighted by atomic mass is 32.1. The average Bonchev–Trinajstić information content (AvgIpc) is 3.22. The first-order chi connectivity index (χ1) is 16.4. The van der Waals surface area contributed by atoms with Gasteiger partial charge in [-0.05, 0) is 38.2 Å². The van der Waals surface area contributed by atoms with Crippen molar-refractivity contribution in [3.8, 4) is 10.4 Å². The standard InChI is InChI=1S/C18H21N3OS.C6H4N2O2S/c1-10-4-3-5-12(6-10)17-16(20-11(2)23-17)18(22)21-14(9-19)7-13-8-15(13)21;9-5(10)4-3-7-6-8(4)1-2-11-6/h3-6,13-15H,7-9,19H2,1-2H3;1-3H,(H,9,10)/t13-,14+,15+;/m1./s1. The number of carbonyl (C=O) groups is 2. The molecule has 1 aliphatic heterocycles. The van der Waals surface area contributed by atoms with E-state index in [1.807, 2.05) is 17.9 Å². The first-order valence-corrected chi connectivity index (χ1v) is 12.8. The van der Waals surface area contributed by atoms with Gasteiger partial charge in [0.15, 0.2) is 10.7 Å². The zero-order valence-electron chi connectivity index (χ0n) is 18.8. The molecule has 8 nitrogen and oxygen atoms in total. The molecule has 3 aromatic heterocycles. The van der Waals surface area contributed by atoms with Gasteiger partial charge in [0, 0.05) is 30.2 Å². The van der Waals surface area contributed by atoms with Crippen LogP contribution in [-0.2, 0) is 0 Å². The molecule has 0 radical (unpaired) electrons. The number of hydrogen-bond donors (Lipinski definition) is 2. The molecule has 2 fully saturated rings. The minimum Gasteiger partial charge on any atom is -0.477 e. The summed E-state index contributed by atoms with van der Waals surface area (Å²) >= 11 is 3.01. The third kappa shape index (κ3) is 4.13. The Balaban J connectivity index is 0.000000183. The molecule has 2 aliphatic rings. The van der Waals surface area contributed by atoms with Crippen molar-refractivity contribution in [2.75, 3.05) is 6.54 Å². The molecule has 0 spiro atoms. The summed E-state index contributed by atoms with van der Waals surface area (Å²) in [5.74, 6) is -0.225. The molecule has 34 heavy (non-hydrogen) atoms. The fourth-order valence-corrected chi connectivity index (χ4v) is 6.24. The number of aromatic nitrogens is 3. The SMILES string of the molecule is Cc1cccc(-c2sc(C)nc2C(=O)N2[C@H](CN)C[C@@H]3C[C@@H]32)c1.O=C(O)c1cnc2sccn12. The Morgan fingerprint density at radius 2 is 2.09 bits per heavy atom. The van der Waals surface area contributed by atoms with E-state index in [1.54, 1.807) is 27.3 Å². The lowest BCUT2D eigenvalue weighted by atomic mass is 10.1. The van der Waals surface area contributed by atoms with E-state index >= 15 is 0 Å². The van der Waals surface area contributed by atoms with Crippen LogP contribution in [0.1, 0.15) is 44.4 Å². The topological polar surface area (TPSA) is 114 Å². The molecule has 1 saturated heterocycles. The summed E-state index contributed by atoms with van der Waals surface area (Å²) in [4.78, 5) is 35.9. The van der Waals surface area contributed by atoms with Crippen LogP contribution in [-0.4, -0.2) is 54.9 Å². The largest absolute Gasteiger partial charge is 0.477 e. The van der Waals surface area contributed by atoms with Gasteiger partial charge in [0.2, 0.25) is 0 Å². The van der Waals surface area contributed by atoms with E-state index in [2.05, 4.69) is 35.1 Å². The molecule has 176 valence electrons. The molecule has 3 atom stereocenters. The number of nitrogens with two attached hydrogens (primary N) is 1. The van der Waals surface area contributed by atoms with Gasteiger partial charge in [-0.25, -0.2) is 14.8 Å². The van der Waals surface area contributed by atoms with Crippen LogP contribution in [0.4, 0.5) is 0 Å². The molecule has 0 bridgehead atoms. The summed E-state index contributed by atoms with van der Waals surface area (Å²) in [6.07, 6.45) is 5.23. The van der Waals surface area contributed by atoms with Crippen molar-refractivity contribution in [2.45, 2.75) is 38.8 Å². The van der Waals surface area contributed by atoms with E-state index < -0.39 is 5.97 Å². The highest BCUT2D eigenvalue weighted by Gasteiger charge is 2.54. The molecule has 1 saturated carbocycles. The molecule has 0 unspecified atom stereocenters. The summed E-state index contributed by atoms with van der Waals surface area (Å²) in [6, 6.07) is 8.85. The Kier molecular flexibility index (Phi) is 5.97. The summed E-state index contributed by atoms with van der Waals surface area (Å²) in [5.41, 5.74) is 8.96. The maximum Gasteiger partial charge on any atom is 0.354 e. The Hall–Kier alpha value is -3.08. The number of benzene rings is 1. The van der Waals surface area contributed by atoms with Crippen molar-refractivity contribution < 1.29 is 14.7 Å². The predicted octanol–water partition coefficient (Wildman–Crippen LogP) is 4.08. The summed E-state index contributed by atoms with van der Waals surface area (Å²) in [5, 5.41) is 11.4. The van der Waals surface area contributed by atoms with Crippen LogP contribution < -0.4 is 5.73 Å². The maximum atomic E-state index is 13.2. The van der Waals surface area contributed by atoms with Crippen LogP contribution in [0.2, 0.25) is 0 Å². The monoisotopic (exact) mass is 495 g/mol. The number of aryl methyl sites for hydroxylation is 2. The van der Waals surface area contributed by atoms with E-state index in [4.69, 9.17) is 10.8 Å². The third-order valence-electron chi connectivity index (χ3n) is 6.30. The number of carboxylic acid groups (broad SMARTS) is 1. The van der Waals surface area contributed by atoms with Crippen LogP contribution in [0, 0.1) is 19.8 Å². The van der Waals surface area contributed by atoms with Gasteiger partial charge >= 0.3 is 5.97 Å². The van der Waals surface area contributed by atoms with E-state index in [9.17, 15) is 9.59 Å². The van der Waals surface area contributed by atoms with Gasteiger partial charge < -0.3 is 15.7 Å².